The molecule has 0 amide bonds. The molecule has 1 heterocycles. The number of rotatable bonds is 2. The van der Waals surface area contributed by atoms with Crippen LogP contribution in [-0.4, -0.2) is 18.1 Å². The molecular formula is C10H14ClN3. The molecule has 14 heavy (non-hydrogen) atoms. The molecule has 0 aromatic carbocycles. The molecule has 0 atom stereocenters. The van der Waals surface area contributed by atoms with Crippen LogP contribution in [0.4, 0.5) is 11.5 Å². The lowest BCUT2D eigenvalue weighted by Gasteiger charge is -2.35. The van der Waals surface area contributed by atoms with Gasteiger partial charge in [-0.3, -0.25) is 0 Å². The quantitative estimate of drug-likeness (QED) is 0.817. The molecule has 0 aliphatic heterocycles. The van der Waals surface area contributed by atoms with Crippen molar-refractivity contribution < 1.29 is 0 Å². The van der Waals surface area contributed by atoms with Gasteiger partial charge in [0, 0.05) is 13.1 Å². The average Bonchev–Trinajstić information content (AvgIpc) is 2.00. The molecule has 2 rings (SSSR count). The second kappa shape index (κ2) is 3.65. The largest absolute Gasteiger partial charge is 0.397 e. The second-order valence-corrected chi connectivity index (χ2v) is 4.18. The highest BCUT2D eigenvalue weighted by Gasteiger charge is 2.24. The van der Waals surface area contributed by atoms with Gasteiger partial charge < -0.3 is 10.6 Å². The Kier molecular flexibility index (Phi) is 2.50. The zero-order chi connectivity index (χ0) is 10.1. The van der Waals surface area contributed by atoms with Crippen molar-refractivity contribution in [2.75, 3.05) is 17.7 Å². The molecule has 1 saturated carbocycles. The van der Waals surface area contributed by atoms with Gasteiger partial charge in [0.1, 0.15) is 5.82 Å². The van der Waals surface area contributed by atoms with Crippen LogP contribution < -0.4 is 10.6 Å². The molecular weight excluding hydrogens is 198 g/mol. The molecule has 1 aromatic rings. The maximum Gasteiger partial charge on any atom is 0.147 e. The molecule has 4 heteroatoms. The lowest BCUT2D eigenvalue weighted by atomic mass is 9.92. The molecule has 76 valence electrons. The number of nitrogens with zero attached hydrogens (tertiary/aromatic N) is 2. The van der Waals surface area contributed by atoms with Crippen LogP contribution in [0.5, 0.6) is 0 Å². The Morgan fingerprint density at radius 1 is 1.57 bits per heavy atom. The van der Waals surface area contributed by atoms with E-state index < -0.39 is 0 Å². The number of pyridine rings is 1. The van der Waals surface area contributed by atoms with Gasteiger partial charge in [0.2, 0.25) is 0 Å². The molecule has 3 nitrogen and oxygen atoms in total. The number of hydrogen-bond donors (Lipinski definition) is 1. The van der Waals surface area contributed by atoms with Crippen molar-refractivity contribution in [1.82, 2.24) is 4.98 Å². The highest BCUT2D eigenvalue weighted by molar-refractivity contribution is 6.33. The predicted octanol–water partition coefficient (Wildman–Crippen LogP) is 2.31. The Bertz CT molecular complexity index is 336. The topological polar surface area (TPSA) is 42.2 Å². The lowest BCUT2D eigenvalue weighted by molar-refractivity contribution is 0.399. The van der Waals surface area contributed by atoms with Gasteiger partial charge in [0.15, 0.2) is 0 Å². The molecule has 1 aliphatic rings. The molecule has 0 spiro atoms. The zero-order valence-electron chi connectivity index (χ0n) is 8.20. The van der Waals surface area contributed by atoms with E-state index in [1.54, 1.807) is 12.3 Å². The van der Waals surface area contributed by atoms with Crippen molar-refractivity contribution in [2.45, 2.75) is 25.3 Å². The molecule has 0 saturated heterocycles. The second-order valence-electron chi connectivity index (χ2n) is 3.77. The SMILES string of the molecule is CN(c1ncc(N)cc1Cl)C1CCC1. The summed E-state index contributed by atoms with van der Waals surface area (Å²) in [7, 11) is 2.04. The Morgan fingerprint density at radius 2 is 2.29 bits per heavy atom. The maximum atomic E-state index is 6.07. The summed E-state index contributed by atoms with van der Waals surface area (Å²) in [6.07, 6.45) is 5.43. The van der Waals surface area contributed by atoms with E-state index in [2.05, 4.69) is 9.88 Å². The molecule has 1 fully saturated rings. The molecule has 2 N–H and O–H groups in total. The van der Waals surface area contributed by atoms with Crippen molar-refractivity contribution in [3.8, 4) is 0 Å². The van der Waals surface area contributed by atoms with E-state index in [0.717, 1.165) is 5.82 Å². The van der Waals surface area contributed by atoms with Gasteiger partial charge in [-0.15, -0.1) is 0 Å². The zero-order valence-corrected chi connectivity index (χ0v) is 8.96. The van der Waals surface area contributed by atoms with E-state index >= 15 is 0 Å². The van der Waals surface area contributed by atoms with E-state index in [-0.39, 0.29) is 0 Å². The standard InChI is InChI=1S/C10H14ClN3/c1-14(8-3-2-4-8)10-9(11)5-7(12)6-13-10/h5-6,8H,2-4,12H2,1H3. The summed E-state index contributed by atoms with van der Waals surface area (Å²) in [6, 6.07) is 2.35. The Balaban J connectivity index is 2.22. The van der Waals surface area contributed by atoms with Crippen LogP contribution in [0.3, 0.4) is 0 Å². The maximum absolute atomic E-state index is 6.07. The van der Waals surface area contributed by atoms with Crippen LogP contribution in [0.25, 0.3) is 0 Å². The molecule has 1 aromatic heterocycles. The van der Waals surface area contributed by atoms with Crippen LogP contribution >= 0.6 is 11.6 Å². The lowest BCUT2D eigenvalue weighted by Crippen LogP contribution is -2.37. The minimum absolute atomic E-state index is 0.601. The van der Waals surface area contributed by atoms with E-state index in [0.29, 0.717) is 16.8 Å². The summed E-state index contributed by atoms with van der Waals surface area (Å²) in [6.45, 7) is 0. The van der Waals surface area contributed by atoms with Crippen LogP contribution in [0.1, 0.15) is 19.3 Å². The first-order valence-electron chi connectivity index (χ1n) is 4.82. The minimum Gasteiger partial charge on any atom is -0.397 e. The van der Waals surface area contributed by atoms with Crippen molar-refractivity contribution in [2.24, 2.45) is 0 Å². The molecule has 0 radical (unpaired) electrons. The molecule has 0 unspecified atom stereocenters. The first-order chi connectivity index (χ1) is 6.68. The van der Waals surface area contributed by atoms with E-state index in [1.807, 2.05) is 7.05 Å². The van der Waals surface area contributed by atoms with Gasteiger partial charge in [-0.1, -0.05) is 11.6 Å². The Labute approximate surface area is 88.9 Å². The first-order valence-corrected chi connectivity index (χ1v) is 5.20. The van der Waals surface area contributed by atoms with Gasteiger partial charge in [0.05, 0.1) is 16.9 Å². The van der Waals surface area contributed by atoms with E-state index in [1.165, 1.54) is 19.3 Å². The Hall–Kier alpha value is -0.960. The summed E-state index contributed by atoms with van der Waals surface area (Å²) in [5.41, 5.74) is 6.20. The van der Waals surface area contributed by atoms with Crippen molar-refractivity contribution in [3.05, 3.63) is 17.3 Å². The van der Waals surface area contributed by atoms with Gasteiger partial charge in [-0.2, -0.15) is 0 Å². The minimum atomic E-state index is 0.601. The summed E-state index contributed by atoms with van der Waals surface area (Å²) in [5.74, 6) is 0.838. The summed E-state index contributed by atoms with van der Waals surface area (Å²) < 4.78 is 0. The smallest absolute Gasteiger partial charge is 0.147 e. The monoisotopic (exact) mass is 211 g/mol. The predicted molar refractivity (Wildman–Crippen MR) is 59.7 cm³/mol. The third kappa shape index (κ3) is 1.64. The van der Waals surface area contributed by atoms with Gasteiger partial charge in [-0.05, 0) is 25.3 Å². The fourth-order valence-electron chi connectivity index (χ4n) is 1.65. The normalized spacial score (nSPS) is 16.4. The van der Waals surface area contributed by atoms with E-state index in [4.69, 9.17) is 17.3 Å². The number of aromatic nitrogens is 1. The fraction of sp³-hybridized carbons (Fsp3) is 0.500. The van der Waals surface area contributed by atoms with Crippen molar-refractivity contribution in [1.29, 1.82) is 0 Å². The summed E-state index contributed by atoms with van der Waals surface area (Å²) >= 11 is 6.07. The van der Waals surface area contributed by atoms with Crippen LogP contribution in [0, 0.1) is 0 Å². The summed E-state index contributed by atoms with van der Waals surface area (Å²) in [4.78, 5) is 6.39. The number of anilines is 2. The van der Waals surface area contributed by atoms with Crippen molar-refractivity contribution in [3.63, 3.8) is 0 Å². The highest BCUT2D eigenvalue weighted by atomic mass is 35.5. The molecule has 1 aliphatic carbocycles. The third-order valence-electron chi connectivity index (χ3n) is 2.80. The van der Waals surface area contributed by atoms with Gasteiger partial charge in [0.25, 0.3) is 0 Å². The van der Waals surface area contributed by atoms with Crippen LogP contribution in [-0.2, 0) is 0 Å². The number of hydrogen-bond acceptors (Lipinski definition) is 3. The van der Waals surface area contributed by atoms with Gasteiger partial charge in [-0.25, -0.2) is 4.98 Å². The van der Waals surface area contributed by atoms with Crippen molar-refractivity contribution >= 4 is 23.1 Å². The highest BCUT2D eigenvalue weighted by Crippen LogP contribution is 2.31. The number of nitrogens with two attached hydrogens (primary N) is 1. The third-order valence-corrected chi connectivity index (χ3v) is 3.08. The summed E-state index contributed by atoms with van der Waals surface area (Å²) in [5, 5.41) is 0.638. The average molecular weight is 212 g/mol. The van der Waals surface area contributed by atoms with E-state index in [9.17, 15) is 0 Å². The Morgan fingerprint density at radius 3 is 2.79 bits per heavy atom. The molecule has 0 bridgehead atoms. The number of halogens is 1. The van der Waals surface area contributed by atoms with Crippen LogP contribution in [0.2, 0.25) is 5.02 Å². The number of nitrogen functional groups attached to an aromatic ring is 1. The van der Waals surface area contributed by atoms with Gasteiger partial charge >= 0.3 is 0 Å². The van der Waals surface area contributed by atoms with Crippen LogP contribution in [0.15, 0.2) is 12.3 Å². The fourth-order valence-corrected chi connectivity index (χ4v) is 1.96. The first kappa shape index (κ1) is 9.59.